The smallest absolute Gasteiger partial charge is 0.126 e. The average Bonchev–Trinajstić information content (AvgIpc) is 2.81. The molecule has 1 aromatic carbocycles. The Morgan fingerprint density at radius 2 is 2.20 bits per heavy atom. The molecular formula is C12H16N2O. The van der Waals surface area contributed by atoms with Crippen molar-refractivity contribution in [1.29, 1.82) is 0 Å². The Labute approximate surface area is 90.2 Å². The van der Waals surface area contributed by atoms with Crippen LogP contribution in [-0.4, -0.2) is 25.0 Å². The second kappa shape index (κ2) is 4.94. The van der Waals surface area contributed by atoms with Crippen molar-refractivity contribution in [1.82, 2.24) is 5.32 Å². The van der Waals surface area contributed by atoms with Gasteiger partial charge in [-0.15, -0.1) is 0 Å². The van der Waals surface area contributed by atoms with E-state index in [0.717, 1.165) is 18.9 Å². The lowest BCUT2D eigenvalue weighted by atomic mass is 10.2. The van der Waals surface area contributed by atoms with Gasteiger partial charge in [0.25, 0.3) is 0 Å². The standard InChI is InChI=1S/C12H16N2O/c1-10(12-13-7-8-14-12)15-9-11-5-3-2-4-6-11/h2-6,10H,7-9H2,1H3,(H,13,14)/t10-/m0/s1. The van der Waals surface area contributed by atoms with E-state index in [0.29, 0.717) is 6.61 Å². The second-order valence-corrected chi connectivity index (χ2v) is 3.63. The molecule has 2 rings (SSSR count). The molecule has 0 unspecified atom stereocenters. The molecule has 1 N–H and O–H groups in total. The summed E-state index contributed by atoms with van der Waals surface area (Å²) in [6.45, 7) is 4.48. The third-order valence-electron chi connectivity index (χ3n) is 2.43. The molecule has 1 heterocycles. The van der Waals surface area contributed by atoms with Crippen molar-refractivity contribution in [2.45, 2.75) is 19.6 Å². The van der Waals surface area contributed by atoms with Crippen LogP contribution in [0.1, 0.15) is 12.5 Å². The first-order chi connectivity index (χ1) is 7.36. The van der Waals surface area contributed by atoms with Crippen LogP contribution < -0.4 is 5.32 Å². The summed E-state index contributed by atoms with van der Waals surface area (Å²) in [5, 5.41) is 3.22. The van der Waals surface area contributed by atoms with Gasteiger partial charge in [0.2, 0.25) is 0 Å². The van der Waals surface area contributed by atoms with Gasteiger partial charge in [-0.05, 0) is 12.5 Å². The average molecular weight is 204 g/mol. The summed E-state index contributed by atoms with van der Waals surface area (Å²) in [7, 11) is 0. The number of nitrogens with one attached hydrogen (secondary N) is 1. The first kappa shape index (κ1) is 10.2. The fourth-order valence-corrected chi connectivity index (χ4v) is 1.56. The van der Waals surface area contributed by atoms with Gasteiger partial charge >= 0.3 is 0 Å². The van der Waals surface area contributed by atoms with E-state index in [9.17, 15) is 0 Å². The zero-order valence-electron chi connectivity index (χ0n) is 8.94. The maximum absolute atomic E-state index is 5.72. The number of nitrogens with zero attached hydrogens (tertiary/aromatic N) is 1. The lowest BCUT2D eigenvalue weighted by Crippen LogP contribution is -2.31. The number of ether oxygens (including phenoxy) is 1. The van der Waals surface area contributed by atoms with E-state index >= 15 is 0 Å². The van der Waals surface area contributed by atoms with E-state index < -0.39 is 0 Å². The molecule has 1 aliphatic rings. The summed E-state index contributed by atoms with van der Waals surface area (Å²) in [5.41, 5.74) is 1.20. The van der Waals surface area contributed by atoms with Crippen molar-refractivity contribution in [3.63, 3.8) is 0 Å². The van der Waals surface area contributed by atoms with Crippen LogP contribution in [0.4, 0.5) is 0 Å². The largest absolute Gasteiger partial charge is 0.370 e. The van der Waals surface area contributed by atoms with Crippen molar-refractivity contribution in [3.05, 3.63) is 35.9 Å². The quantitative estimate of drug-likeness (QED) is 0.808. The van der Waals surface area contributed by atoms with Gasteiger partial charge in [0.05, 0.1) is 13.2 Å². The summed E-state index contributed by atoms with van der Waals surface area (Å²) >= 11 is 0. The minimum atomic E-state index is 0.0627. The van der Waals surface area contributed by atoms with Crippen molar-refractivity contribution >= 4 is 5.84 Å². The van der Waals surface area contributed by atoms with Crippen LogP contribution in [0.5, 0.6) is 0 Å². The summed E-state index contributed by atoms with van der Waals surface area (Å²) in [6.07, 6.45) is 0.0627. The molecule has 3 nitrogen and oxygen atoms in total. The SMILES string of the molecule is C[C@H](OCc1ccccc1)C1=NCCN1. The van der Waals surface area contributed by atoms with E-state index in [-0.39, 0.29) is 6.10 Å². The maximum atomic E-state index is 5.72. The molecule has 0 amide bonds. The van der Waals surface area contributed by atoms with Crippen LogP contribution in [0.2, 0.25) is 0 Å². The van der Waals surface area contributed by atoms with E-state index in [1.54, 1.807) is 0 Å². The molecule has 15 heavy (non-hydrogen) atoms. The van der Waals surface area contributed by atoms with E-state index in [1.165, 1.54) is 5.56 Å². The van der Waals surface area contributed by atoms with Crippen LogP contribution in [0.15, 0.2) is 35.3 Å². The number of rotatable bonds is 4. The fraction of sp³-hybridized carbons (Fsp3) is 0.417. The Morgan fingerprint density at radius 3 is 2.87 bits per heavy atom. The molecule has 80 valence electrons. The van der Waals surface area contributed by atoms with Crippen LogP contribution in [0.25, 0.3) is 0 Å². The second-order valence-electron chi connectivity index (χ2n) is 3.63. The zero-order valence-corrected chi connectivity index (χ0v) is 8.94. The highest BCUT2D eigenvalue weighted by atomic mass is 16.5. The molecule has 3 heteroatoms. The summed E-state index contributed by atoms with van der Waals surface area (Å²) < 4.78 is 5.72. The molecule has 0 aliphatic carbocycles. The molecule has 0 radical (unpaired) electrons. The highest BCUT2D eigenvalue weighted by molar-refractivity contribution is 5.87. The third-order valence-corrected chi connectivity index (χ3v) is 2.43. The molecule has 0 spiro atoms. The van der Waals surface area contributed by atoms with E-state index in [1.807, 2.05) is 25.1 Å². The van der Waals surface area contributed by atoms with Crippen molar-refractivity contribution in [2.75, 3.05) is 13.1 Å². The van der Waals surface area contributed by atoms with Gasteiger partial charge in [-0.3, -0.25) is 4.99 Å². The highest BCUT2D eigenvalue weighted by Crippen LogP contribution is 2.04. The van der Waals surface area contributed by atoms with Gasteiger partial charge in [0.1, 0.15) is 11.9 Å². The zero-order chi connectivity index (χ0) is 10.5. The third kappa shape index (κ3) is 2.80. The Hall–Kier alpha value is -1.35. The Kier molecular flexibility index (Phi) is 3.35. The molecular weight excluding hydrogens is 188 g/mol. The van der Waals surface area contributed by atoms with Crippen molar-refractivity contribution in [3.8, 4) is 0 Å². The highest BCUT2D eigenvalue weighted by Gasteiger charge is 2.13. The first-order valence-corrected chi connectivity index (χ1v) is 5.30. The lowest BCUT2D eigenvalue weighted by Gasteiger charge is -2.13. The minimum Gasteiger partial charge on any atom is -0.370 e. The molecule has 0 saturated carbocycles. The number of hydrogen-bond acceptors (Lipinski definition) is 3. The summed E-state index contributed by atoms with van der Waals surface area (Å²) in [6, 6.07) is 10.2. The molecule has 0 saturated heterocycles. The predicted octanol–water partition coefficient (Wildman–Crippen LogP) is 1.59. The van der Waals surface area contributed by atoms with Gasteiger partial charge in [-0.2, -0.15) is 0 Å². The molecule has 0 bridgehead atoms. The van der Waals surface area contributed by atoms with Crippen LogP contribution in [-0.2, 0) is 11.3 Å². The lowest BCUT2D eigenvalue weighted by molar-refractivity contribution is 0.0944. The summed E-state index contributed by atoms with van der Waals surface area (Å²) in [4.78, 5) is 4.33. The van der Waals surface area contributed by atoms with Gasteiger partial charge in [-0.1, -0.05) is 30.3 Å². The normalized spacial score (nSPS) is 17.0. The number of hydrogen-bond donors (Lipinski definition) is 1. The fourth-order valence-electron chi connectivity index (χ4n) is 1.56. The molecule has 0 aromatic heterocycles. The number of benzene rings is 1. The van der Waals surface area contributed by atoms with Gasteiger partial charge in [0.15, 0.2) is 0 Å². The predicted molar refractivity (Wildman–Crippen MR) is 61.0 cm³/mol. The topological polar surface area (TPSA) is 33.6 Å². The molecule has 1 aromatic rings. The van der Waals surface area contributed by atoms with E-state index in [4.69, 9.17) is 4.74 Å². The summed E-state index contributed by atoms with van der Waals surface area (Å²) in [5.74, 6) is 0.978. The van der Waals surface area contributed by atoms with Gasteiger partial charge < -0.3 is 10.1 Å². The Balaban J connectivity index is 1.83. The van der Waals surface area contributed by atoms with Crippen molar-refractivity contribution in [2.24, 2.45) is 4.99 Å². The monoisotopic (exact) mass is 204 g/mol. The van der Waals surface area contributed by atoms with Crippen LogP contribution in [0, 0.1) is 0 Å². The molecule has 0 fully saturated rings. The van der Waals surface area contributed by atoms with Crippen LogP contribution >= 0.6 is 0 Å². The first-order valence-electron chi connectivity index (χ1n) is 5.30. The van der Waals surface area contributed by atoms with Gasteiger partial charge in [-0.25, -0.2) is 0 Å². The Morgan fingerprint density at radius 1 is 1.40 bits per heavy atom. The molecule has 1 aliphatic heterocycles. The maximum Gasteiger partial charge on any atom is 0.126 e. The number of amidine groups is 1. The van der Waals surface area contributed by atoms with Gasteiger partial charge in [0, 0.05) is 6.54 Å². The number of aliphatic imine (C=N–C) groups is 1. The minimum absolute atomic E-state index is 0.0627. The Bertz CT molecular complexity index is 335. The van der Waals surface area contributed by atoms with E-state index in [2.05, 4.69) is 22.4 Å². The van der Waals surface area contributed by atoms with Crippen LogP contribution in [0.3, 0.4) is 0 Å². The molecule has 1 atom stereocenters. The van der Waals surface area contributed by atoms with Crippen molar-refractivity contribution < 1.29 is 4.74 Å².